The third-order valence-corrected chi connectivity index (χ3v) is 7.50. The molecule has 3 atom stereocenters. The van der Waals surface area contributed by atoms with Gasteiger partial charge in [0, 0.05) is 35.2 Å². The van der Waals surface area contributed by atoms with Crippen LogP contribution < -0.4 is 4.74 Å². The number of carboxylic acid groups (broad SMARTS) is 1. The maximum absolute atomic E-state index is 12.0. The highest BCUT2D eigenvalue weighted by molar-refractivity contribution is 8.00. The van der Waals surface area contributed by atoms with Gasteiger partial charge in [-0.15, -0.1) is 0 Å². The predicted molar refractivity (Wildman–Crippen MR) is 130 cm³/mol. The molecule has 2 heterocycles. The largest absolute Gasteiger partial charge is 0.497 e. The molecule has 3 rings (SSSR count). The predicted octanol–water partition coefficient (Wildman–Crippen LogP) is 4.61. The Morgan fingerprint density at radius 3 is 2.81 bits per heavy atom. The van der Waals surface area contributed by atoms with Gasteiger partial charge < -0.3 is 19.8 Å². The number of thioether (sulfide) groups is 1. The molecule has 0 saturated carbocycles. The highest BCUT2D eigenvalue weighted by Gasteiger charge is 2.34. The molecule has 1 aromatic heterocycles. The zero-order valence-corrected chi connectivity index (χ0v) is 20.4. The molecule has 1 aromatic carbocycles. The number of aliphatic hydroxyl groups is 1. The summed E-state index contributed by atoms with van der Waals surface area (Å²) in [6, 6.07) is 7.49. The van der Waals surface area contributed by atoms with Crippen molar-refractivity contribution in [2.24, 2.45) is 11.8 Å². The second-order valence-electron chi connectivity index (χ2n) is 9.63. The van der Waals surface area contributed by atoms with Crippen molar-refractivity contribution in [2.75, 3.05) is 32.5 Å². The van der Waals surface area contributed by atoms with Crippen molar-refractivity contribution in [3.05, 3.63) is 36.0 Å². The van der Waals surface area contributed by atoms with Crippen LogP contribution in [0.1, 0.15) is 51.7 Å². The highest BCUT2D eigenvalue weighted by atomic mass is 32.2. The third kappa shape index (κ3) is 6.59. The number of pyridine rings is 1. The van der Waals surface area contributed by atoms with Crippen molar-refractivity contribution < 1.29 is 19.7 Å². The summed E-state index contributed by atoms with van der Waals surface area (Å²) in [7, 11) is 1.62. The molecule has 0 spiro atoms. The van der Waals surface area contributed by atoms with Crippen LogP contribution >= 0.6 is 11.8 Å². The van der Waals surface area contributed by atoms with Gasteiger partial charge in [0.15, 0.2) is 0 Å². The average Bonchev–Trinajstić information content (AvgIpc) is 2.76. The lowest BCUT2D eigenvalue weighted by molar-refractivity contribution is -0.146. The number of methoxy groups -OCH3 is 1. The Hall–Kier alpha value is -1.83. The fourth-order valence-electron chi connectivity index (χ4n) is 4.47. The number of ether oxygens (including phenoxy) is 1. The van der Waals surface area contributed by atoms with Crippen molar-refractivity contribution in [3.63, 3.8) is 0 Å². The van der Waals surface area contributed by atoms with E-state index in [4.69, 9.17) is 4.74 Å². The molecule has 1 fully saturated rings. The molecule has 0 amide bonds. The van der Waals surface area contributed by atoms with Gasteiger partial charge in [-0.1, -0.05) is 20.8 Å². The van der Waals surface area contributed by atoms with E-state index in [0.29, 0.717) is 19.4 Å². The monoisotopic (exact) mass is 460 g/mol. The summed E-state index contributed by atoms with van der Waals surface area (Å²) in [6.07, 6.45) is 3.13. The van der Waals surface area contributed by atoms with Crippen LogP contribution in [-0.4, -0.2) is 63.3 Å². The molecule has 1 aliphatic heterocycles. The van der Waals surface area contributed by atoms with Crippen molar-refractivity contribution in [1.82, 2.24) is 9.88 Å². The molecular formula is C25H36N2O4S. The number of carbonyl (C=O) groups is 1. The SMILES string of the molecule is COc1ccc2nccc(C(O)CC[C@@H]3CCN(CCSC(C)(C)C)C[C@@H]3C(=O)O)c2c1. The number of nitrogens with zero attached hydrogens (tertiary/aromatic N) is 2. The number of carboxylic acids is 1. The summed E-state index contributed by atoms with van der Waals surface area (Å²) in [5.74, 6) is 0.706. The van der Waals surface area contributed by atoms with E-state index in [2.05, 4.69) is 30.7 Å². The van der Waals surface area contributed by atoms with E-state index in [1.807, 2.05) is 36.0 Å². The van der Waals surface area contributed by atoms with Crippen LogP contribution in [0.3, 0.4) is 0 Å². The van der Waals surface area contributed by atoms with Crippen LogP contribution in [0.5, 0.6) is 5.75 Å². The fraction of sp³-hybridized carbons (Fsp3) is 0.600. The number of fused-ring (bicyclic) bond motifs is 1. The van der Waals surface area contributed by atoms with Crippen LogP contribution in [0.4, 0.5) is 0 Å². The van der Waals surface area contributed by atoms with Gasteiger partial charge >= 0.3 is 5.97 Å². The molecule has 1 unspecified atom stereocenters. The molecule has 0 aliphatic carbocycles. The molecule has 2 N–H and O–H groups in total. The van der Waals surface area contributed by atoms with E-state index in [-0.39, 0.29) is 16.6 Å². The van der Waals surface area contributed by atoms with Gasteiger partial charge in [-0.3, -0.25) is 9.78 Å². The molecule has 2 aromatic rings. The van der Waals surface area contributed by atoms with E-state index in [1.54, 1.807) is 13.3 Å². The number of rotatable bonds is 9. The molecule has 176 valence electrons. The Kier molecular flexibility index (Phi) is 8.42. The molecule has 1 saturated heterocycles. The summed E-state index contributed by atoms with van der Waals surface area (Å²) in [4.78, 5) is 18.7. The second kappa shape index (κ2) is 10.9. The standard InChI is InChI=1S/C25H36N2O4S/c1-25(2,3)32-14-13-27-12-10-17(21(16-27)24(29)30)5-8-23(28)19-9-11-26-22-7-6-18(31-4)15-20(19)22/h6-7,9,11,15,17,21,23,28H,5,8,10,12-14,16H2,1-4H3,(H,29,30)/t17-,21+,23?/m1/s1. The van der Waals surface area contributed by atoms with Crippen molar-refractivity contribution >= 4 is 28.6 Å². The van der Waals surface area contributed by atoms with E-state index >= 15 is 0 Å². The summed E-state index contributed by atoms with van der Waals surface area (Å²) in [5.41, 5.74) is 1.63. The molecule has 1 aliphatic rings. The topological polar surface area (TPSA) is 82.9 Å². The number of piperidine rings is 1. The van der Waals surface area contributed by atoms with E-state index in [9.17, 15) is 15.0 Å². The maximum atomic E-state index is 12.0. The molecule has 32 heavy (non-hydrogen) atoms. The zero-order valence-electron chi connectivity index (χ0n) is 19.6. The van der Waals surface area contributed by atoms with Gasteiger partial charge in [-0.25, -0.2) is 0 Å². The van der Waals surface area contributed by atoms with Crippen LogP contribution in [0.15, 0.2) is 30.5 Å². The highest BCUT2D eigenvalue weighted by Crippen LogP contribution is 2.34. The Labute approximate surface area is 195 Å². The summed E-state index contributed by atoms with van der Waals surface area (Å²) >= 11 is 1.92. The quantitative estimate of drug-likeness (QED) is 0.565. The summed E-state index contributed by atoms with van der Waals surface area (Å²) in [6.45, 7) is 9.05. The maximum Gasteiger partial charge on any atom is 0.308 e. The first-order valence-corrected chi connectivity index (χ1v) is 12.4. The number of aliphatic hydroxyl groups excluding tert-OH is 1. The van der Waals surface area contributed by atoms with Gasteiger partial charge in [0.05, 0.1) is 24.6 Å². The number of aromatic nitrogens is 1. The minimum atomic E-state index is -0.725. The van der Waals surface area contributed by atoms with Gasteiger partial charge in [-0.05, 0) is 61.6 Å². The Balaban J connectivity index is 1.61. The molecular weight excluding hydrogens is 424 g/mol. The Morgan fingerprint density at radius 1 is 1.34 bits per heavy atom. The number of hydrogen-bond acceptors (Lipinski definition) is 6. The van der Waals surface area contributed by atoms with E-state index < -0.39 is 12.1 Å². The van der Waals surface area contributed by atoms with Crippen LogP contribution in [0, 0.1) is 11.8 Å². The zero-order chi connectivity index (χ0) is 23.3. The number of aliphatic carboxylic acids is 1. The minimum absolute atomic E-state index is 0.0799. The lowest BCUT2D eigenvalue weighted by Gasteiger charge is -2.37. The average molecular weight is 461 g/mol. The van der Waals surface area contributed by atoms with Crippen molar-refractivity contribution in [1.29, 1.82) is 0 Å². The van der Waals surface area contributed by atoms with E-state index in [0.717, 1.165) is 47.5 Å². The van der Waals surface area contributed by atoms with Gasteiger partial charge in [0.1, 0.15) is 5.75 Å². The minimum Gasteiger partial charge on any atom is -0.497 e. The first-order chi connectivity index (χ1) is 15.2. The van der Waals surface area contributed by atoms with Crippen molar-refractivity contribution in [2.45, 2.75) is 50.9 Å². The lowest BCUT2D eigenvalue weighted by Crippen LogP contribution is -2.44. The lowest BCUT2D eigenvalue weighted by atomic mass is 9.81. The summed E-state index contributed by atoms with van der Waals surface area (Å²) < 4.78 is 5.55. The normalized spacial score (nSPS) is 20.9. The first-order valence-electron chi connectivity index (χ1n) is 11.4. The molecule has 6 nitrogen and oxygen atoms in total. The fourth-order valence-corrected chi connectivity index (χ4v) is 5.43. The number of likely N-dealkylation sites (tertiary alicyclic amines) is 1. The number of hydrogen-bond donors (Lipinski definition) is 2. The van der Waals surface area contributed by atoms with Gasteiger partial charge in [-0.2, -0.15) is 11.8 Å². The number of benzene rings is 1. The molecule has 7 heteroatoms. The molecule has 0 bridgehead atoms. The smallest absolute Gasteiger partial charge is 0.308 e. The third-order valence-electron chi connectivity index (χ3n) is 6.25. The molecule has 0 radical (unpaired) electrons. The Morgan fingerprint density at radius 2 is 2.12 bits per heavy atom. The van der Waals surface area contributed by atoms with Crippen LogP contribution in [0.2, 0.25) is 0 Å². The van der Waals surface area contributed by atoms with Crippen LogP contribution in [-0.2, 0) is 4.79 Å². The van der Waals surface area contributed by atoms with Crippen molar-refractivity contribution in [3.8, 4) is 5.75 Å². The van der Waals surface area contributed by atoms with Crippen LogP contribution in [0.25, 0.3) is 10.9 Å². The van der Waals surface area contributed by atoms with E-state index in [1.165, 1.54) is 0 Å². The first kappa shape index (κ1) is 24.8. The Bertz CT molecular complexity index is 914. The van der Waals surface area contributed by atoms with Gasteiger partial charge in [0.25, 0.3) is 0 Å². The van der Waals surface area contributed by atoms with Gasteiger partial charge in [0.2, 0.25) is 0 Å². The second-order valence-corrected chi connectivity index (χ2v) is 11.6. The summed E-state index contributed by atoms with van der Waals surface area (Å²) in [5, 5.41) is 21.7.